The second-order valence-corrected chi connectivity index (χ2v) is 9.06. The highest BCUT2D eigenvalue weighted by molar-refractivity contribution is 7.89. The van der Waals surface area contributed by atoms with Crippen LogP contribution in [0.5, 0.6) is 0 Å². The van der Waals surface area contributed by atoms with Crippen molar-refractivity contribution in [3.63, 3.8) is 0 Å². The monoisotopic (exact) mass is 375 g/mol. The van der Waals surface area contributed by atoms with Crippen LogP contribution in [0.3, 0.4) is 0 Å². The van der Waals surface area contributed by atoms with Crippen molar-refractivity contribution in [2.45, 2.75) is 37.1 Å². The zero-order valence-electron chi connectivity index (χ0n) is 13.6. The summed E-state index contributed by atoms with van der Waals surface area (Å²) in [6.07, 6.45) is 2.16. The summed E-state index contributed by atoms with van der Waals surface area (Å²) in [5.41, 5.74) is 0.909. The zero-order valence-corrected chi connectivity index (χ0v) is 15.2. The highest BCUT2D eigenvalue weighted by Gasteiger charge is 2.30. The molecule has 1 aliphatic carbocycles. The van der Waals surface area contributed by atoms with Gasteiger partial charge < -0.3 is 4.52 Å². The van der Waals surface area contributed by atoms with Crippen LogP contribution in [0, 0.1) is 6.92 Å². The number of hydrogen-bond donors (Lipinski definition) is 1. The van der Waals surface area contributed by atoms with Crippen molar-refractivity contribution in [2.75, 3.05) is 0 Å². The molecule has 2 heterocycles. The Morgan fingerprint density at radius 2 is 2.04 bits per heavy atom. The molecule has 0 atom stereocenters. The van der Waals surface area contributed by atoms with Gasteiger partial charge in [0.2, 0.25) is 21.7 Å². The Labute approximate surface area is 150 Å². The number of nitrogens with zero attached hydrogens (tertiary/aromatic N) is 2. The minimum Gasteiger partial charge on any atom is -0.339 e. The van der Waals surface area contributed by atoms with Gasteiger partial charge in [0.25, 0.3) is 0 Å². The van der Waals surface area contributed by atoms with Crippen LogP contribution in [-0.4, -0.2) is 18.6 Å². The van der Waals surface area contributed by atoms with Gasteiger partial charge >= 0.3 is 0 Å². The third kappa shape index (κ3) is 3.51. The molecule has 8 heteroatoms. The molecule has 0 spiro atoms. The van der Waals surface area contributed by atoms with Gasteiger partial charge in [-0.05, 0) is 31.4 Å². The first kappa shape index (κ1) is 16.4. The maximum Gasteiger partial charge on any atom is 0.241 e. The van der Waals surface area contributed by atoms with Crippen LogP contribution in [0.1, 0.15) is 35.1 Å². The van der Waals surface area contributed by atoms with Crippen LogP contribution < -0.4 is 4.72 Å². The molecule has 0 saturated heterocycles. The summed E-state index contributed by atoms with van der Waals surface area (Å²) in [7, 11) is -3.60. The van der Waals surface area contributed by atoms with Crippen molar-refractivity contribution in [2.24, 2.45) is 0 Å². The quantitative estimate of drug-likeness (QED) is 0.713. The van der Waals surface area contributed by atoms with Crippen molar-refractivity contribution < 1.29 is 12.9 Å². The summed E-state index contributed by atoms with van der Waals surface area (Å²) < 4.78 is 33.2. The molecular weight excluding hydrogens is 358 g/mol. The molecular formula is C17H17N3O3S2. The smallest absolute Gasteiger partial charge is 0.241 e. The summed E-state index contributed by atoms with van der Waals surface area (Å²) >= 11 is 1.36. The molecule has 130 valence electrons. The zero-order chi connectivity index (χ0) is 17.4. The average molecular weight is 375 g/mol. The molecule has 1 aliphatic rings. The van der Waals surface area contributed by atoms with Crippen molar-refractivity contribution in [1.29, 1.82) is 0 Å². The molecule has 0 amide bonds. The van der Waals surface area contributed by atoms with E-state index in [-0.39, 0.29) is 11.4 Å². The standard InChI is InChI=1S/C17H17N3O3S2/c1-11-15(25(21,22)18-10-12-5-3-2-4-6-12)9-14(24-11)16-19-17(23-20-16)13-7-8-13/h2-6,9,13,18H,7-8,10H2,1H3. The van der Waals surface area contributed by atoms with Gasteiger partial charge in [0.1, 0.15) is 0 Å². The van der Waals surface area contributed by atoms with E-state index in [1.54, 1.807) is 13.0 Å². The van der Waals surface area contributed by atoms with Crippen LogP contribution in [0.25, 0.3) is 10.7 Å². The Bertz CT molecular complexity index is 989. The van der Waals surface area contributed by atoms with Crippen LogP contribution in [0.4, 0.5) is 0 Å². The number of thiophene rings is 1. The van der Waals surface area contributed by atoms with Gasteiger partial charge in [-0.3, -0.25) is 0 Å². The highest BCUT2D eigenvalue weighted by atomic mass is 32.2. The molecule has 6 nitrogen and oxygen atoms in total. The van der Waals surface area contributed by atoms with Crippen LogP contribution in [0.15, 0.2) is 45.8 Å². The van der Waals surface area contributed by atoms with E-state index in [1.807, 2.05) is 30.3 Å². The molecule has 1 aromatic carbocycles. The van der Waals surface area contributed by atoms with E-state index in [2.05, 4.69) is 14.9 Å². The fourth-order valence-electron chi connectivity index (χ4n) is 2.53. The summed E-state index contributed by atoms with van der Waals surface area (Å²) in [5, 5.41) is 3.99. The molecule has 4 rings (SSSR count). The Morgan fingerprint density at radius 1 is 1.28 bits per heavy atom. The topological polar surface area (TPSA) is 85.1 Å². The van der Waals surface area contributed by atoms with E-state index in [1.165, 1.54) is 11.3 Å². The summed E-state index contributed by atoms with van der Waals surface area (Å²) in [5.74, 6) is 1.48. The third-order valence-corrected chi connectivity index (χ3v) is 6.76. The Kier molecular flexibility index (Phi) is 4.18. The third-order valence-electron chi connectivity index (χ3n) is 4.06. The Balaban J connectivity index is 1.55. The molecule has 1 saturated carbocycles. The number of benzene rings is 1. The van der Waals surface area contributed by atoms with Crippen molar-refractivity contribution in [1.82, 2.24) is 14.9 Å². The van der Waals surface area contributed by atoms with E-state index in [0.29, 0.717) is 27.4 Å². The van der Waals surface area contributed by atoms with E-state index < -0.39 is 10.0 Å². The van der Waals surface area contributed by atoms with E-state index in [9.17, 15) is 8.42 Å². The number of rotatable bonds is 6. The summed E-state index contributed by atoms with van der Waals surface area (Å²) in [6, 6.07) is 11.0. The van der Waals surface area contributed by atoms with Crippen LogP contribution in [0.2, 0.25) is 0 Å². The average Bonchev–Trinajstić information content (AvgIpc) is 3.20. The lowest BCUT2D eigenvalue weighted by Crippen LogP contribution is -2.23. The Morgan fingerprint density at radius 3 is 2.76 bits per heavy atom. The molecule has 1 fully saturated rings. The van der Waals surface area contributed by atoms with Gasteiger partial charge in [-0.2, -0.15) is 4.98 Å². The Hall–Kier alpha value is -2.03. The van der Waals surface area contributed by atoms with Gasteiger partial charge in [0.15, 0.2) is 0 Å². The first-order valence-corrected chi connectivity index (χ1v) is 10.3. The summed E-state index contributed by atoms with van der Waals surface area (Å²) in [4.78, 5) is 6.06. The summed E-state index contributed by atoms with van der Waals surface area (Å²) in [6.45, 7) is 2.04. The number of aryl methyl sites for hydroxylation is 1. The first-order chi connectivity index (χ1) is 12.0. The predicted molar refractivity (Wildman–Crippen MR) is 94.8 cm³/mol. The number of aromatic nitrogens is 2. The van der Waals surface area contributed by atoms with Crippen molar-refractivity contribution >= 4 is 21.4 Å². The number of nitrogens with one attached hydrogen (secondary N) is 1. The lowest BCUT2D eigenvalue weighted by Gasteiger charge is -2.06. The molecule has 1 N–H and O–H groups in total. The van der Waals surface area contributed by atoms with Gasteiger partial charge in [0, 0.05) is 17.3 Å². The molecule has 0 radical (unpaired) electrons. The highest BCUT2D eigenvalue weighted by Crippen LogP contribution is 2.40. The first-order valence-electron chi connectivity index (χ1n) is 8.01. The fraction of sp³-hybridized carbons (Fsp3) is 0.294. The van der Waals surface area contributed by atoms with Gasteiger partial charge in [-0.25, -0.2) is 13.1 Å². The van der Waals surface area contributed by atoms with E-state index in [0.717, 1.165) is 18.4 Å². The fourth-order valence-corrected chi connectivity index (χ4v) is 5.06. The van der Waals surface area contributed by atoms with Crippen LogP contribution >= 0.6 is 11.3 Å². The number of sulfonamides is 1. The second-order valence-electron chi connectivity index (χ2n) is 6.07. The SMILES string of the molecule is Cc1sc(-c2noc(C3CC3)n2)cc1S(=O)(=O)NCc1ccccc1. The maximum absolute atomic E-state index is 12.6. The molecule has 25 heavy (non-hydrogen) atoms. The molecule has 2 aromatic heterocycles. The maximum atomic E-state index is 12.6. The minimum absolute atomic E-state index is 0.252. The minimum atomic E-state index is -3.60. The lowest BCUT2D eigenvalue weighted by atomic mass is 10.2. The normalized spacial score (nSPS) is 14.8. The molecule has 0 aliphatic heterocycles. The second kappa shape index (κ2) is 6.36. The van der Waals surface area contributed by atoms with Gasteiger partial charge in [0.05, 0.1) is 9.77 Å². The molecule has 3 aromatic rings. The van der Waals surface area contributed by atoms with Crippen molar-refractivity contribution in [3.05, 3.63) is 52.7 Å². The van der Waals surface area contributed by atoms with E-state index >= 15 is 0 Å². The largest absolute Gasteiger partial charge is 0.339 e. The van der Waals surface area contributed by atoms with Gasteiger partial charge in [-0.1, -0.05) is 35.5 Å². The number of hydrogen-bond acceptors (Lipinski definition) is 6. The van der Waals surface area contributed by atoms with E-state index in [4.69, 9.17) is 4.52 Å². The van der Waals surface area contributed by atoms with Gasteiger partial charge in [-0.15, -0.1) is 11.3 Å². The molecule has 0 unspecified atom stereocenters. The lowest BCUT2D eigenvalue weighted by molar-refractivity contribution is 0.380. The van der Waals surface area contributed by atoms with Crippen LogP contribution in [-0.2, 0) is 16.6 Å². The molecule has 0 bridgehead atoms. The van der Waals surface area contributed by atoms with Crippen molar-refractivity contribution in [3.8, 4) is 10.7 Å². The predicted octanol–water partition coefficient (Wildman–Crippen LogP) is 3.46.